The lowest BCUT2D eigenvalue weighted by Gasteiger charge is -1.99. The Morgan fingerprint density at radius 1 is 1.35 bits per heavy atom. The number of ether oxygens (including phenoxy) is 1. The molecule has 0 fully saturated rings. The predicted molar refractivity (Wildman–Crippen MR) is 68.9 cm³/mol. The average Bonchev–Trinajstić information content (AvgIpc) is 2.82. The Hall–Kier alpha value is -1.68. The molecule has 0 unspecified atom stereocenters. The van der Waals surface area contributed by atoms with E-state index in [-0.39, 0.29) is 0 Å². The maximum absolute atomic E-state index is 10.9. The van der Waals surface area contributed by atoms with Crippen LogP contribution in [0.15, 0.2) is 24.3 Å². The summed E-state index contributed by atoms with van der Waals surface area (Å²) in [4.78, 5) is 16.2. The highest BCUT2D eigenvalue weighted by atomic mass is 32.1. The minimum atomic E-state index is 0.559. The normalized spacial score (nSPS) is 10.2. The number of carbonyl (C=O) groups is 1. The molecule has 1 aromatic heterocycles. The van der Waals surface area contributed by atoms with E-state index in [1.165, 1.54) is 0 Å². The van der Waals surface area contributed by atoms with E-state index in [1.807, 2.05) is 31.2 Å². The highest BCUT2D eigenvalue weighted by Gasteiger charge is 2.10. The van der Waals surface area contributed by atoms with Crippen molar-refractivity contribution in [1.29, 1.82) is 0 Å². The standard InChI is InChI=1S/C13H13NO2S/c1-3-12-11(8-15)14-13(17-12)9-4-6-10(16-2)7-5-9/h4-8H,3H2,1-2H3. The highest BCUT2D eigenvalue weighted by molar-refractivity contribution is 7.15. The number of aldehydes is 1. The van der Waals surface area contributed by atoms with Gasteiger partial charge < -0.3 is 4.74 Å². The highest BCUT2D eigenvalue weighted by Crippen LogP contribution is 2.29. The second-order valence-corrected chi connectivity index (χ2v) is 4.61. The lowest BCUT2D eigenvalue weighted by atomic mass is 10.2. The zero-order chi connectivity index (χ0) is 12.3. The number of nitrogens with zero attached hydrogens (tertiary/aromatic N) is 1. The van der Waals surface area contributed by atoms with Crippen LogP contribution in [0.1, 0.15) is 22.3 Å². The molecule has 0 radical (unpaired) electrons. The van der Waals surface area contributed by atoms with Crippen LogP contribution >= 0.6 is 11.3 Å². The molecule has 2 rings (SSSR count). The van der Waals surface area contributed by atoms with Gasteiger partial charge in [-0.05, 0) is 30.7 Å². The molecule has 0 amide bonds. The van der Waals surface area contributed by atoms with Crippen LogP contribution in [0.4, 0.5) is 0 Å². The van der Waals surface area contributed by atoms with E-state index in [1.54, 1.807) is 18.4 Å². The lowest BCUT2D eigenvalue weighted by molar-refractivity contribution is 0.111. The van der Waals surface area contributed by atoms with Gasteiger partial charge in [0.15, 0.2) is 6.29 Å². The Labute approximate surface area is 104 Å². The summed E-state index contributed by atoms with van der Waals surface area (Å²) in [6.07, 6.45) is 1.66. The molecule has 0 spiro atoms. The fourth-order valence-corrected chi connectivity index (χ4v) is 2.54. The average molecular weight is 247 g/mol. The molecule has 0 atom stereocenters. The third-order valence-electron chi connectivity index (χ3n) is 2.50. The molecule has 4 heteroatoms. The van der Waals surface area contributed by atoms with Crippen molar-refractivity contribution in [2.24, 2.45) is 0 Å². The Kier molecular flexibility index (Phi) is 3.54. The molecule has 0 bridgehead atoms. The molecule has 0 N–H and O–H groups in total. The molecule has 0 saturated heterocycles. The van der Waals surface area contributed by atoms with Gasteiger partial charge in [0.2, 0.25) is 0 Å². The van der Waals surface area contributed by atoms with Crippen molar-refractivity contribution in [3.8, 4) is 16.3 Å². The Bertz CT molecular complexity index is 517. The van der Waals surface area contributed by atoms with Crippen LogP contribution < -0.4 is 4.74 Å². The van der Waals surface area contributed by atoms with Crippen molar-refractivity contribution in [2.75, 3.05) is 7.11 Å². The van der Waals surface area contributed by atoms with E-state index >= 15 is 0 Å². The second-order valence-electron chi connectivity index (χ2n) is 3.53. The van der Waals surface area contributed by atoms with Gasteiger partial charge in [-0.1, -0.05) is 6.92 Å². The predicted octanol–water partition coefficient (Wildman–Crippen LogP) is 3.19. The SMILES string of the molecule is CCc1sc(-c2ccc(OC)cc2)nc1C=O. The fraction of sp³-hybridized carbons (Fsp3) is 0.231. The monoisotopic (exact) mass is 247 g/mol. The first kappa shape index (κ1) is 11.8. The third-order valence-corrected chi connectivity index (χ3v) is 3.76. The molecule has 1 aromatic carbocycles. The van der Waals surface area contributed by atoms with Crippen LogP contribution in [0.25, 0.3) is 10.6 Å². The lowest BCUT2D eigenvalue weighted by Crippen LogP contribution is -1.85. The van der Waals surface area contributed by atoms with Gasteiger partial charge in [0.05, 0.1) is 7.11 Å². The summed E-state index contributed by atoms with van der Waals surface area (Å²) in [5.74, 6) is 0.816. The number of thiazole rings is 1. The van der Waals surface area contributed by atoms with Crippen LogP contribution in [0.3, 0.4) is 0 Å². The molecule has 0 aliphatic carbocycles. The maximum Gasteiger partial charge on any atom is 0.169 e. The number of hydrogen-bond donors (Lipinski definition) is 0. The van der Waals surface area contributed by atoms with Crippen molar-refractivity contribution in [3.05, 3.63) is 34.8 Å². The third kappa shape index (κ3) is 2.36. The van der Waals surface area contributed by atoms with Crippen LogP contribution in [0, 0.1) is 0 Å². The first-order chi connectivity index (χ1) is 8.28. The van der Waals surface area contributed by atoms with E-state index in [2.05, 4.69) is 4.98 Å². The van der Waals surface area contributed by atoms with E-state index in [0.717, 1.165) is 33.9 Å². The summed E-state index contributed by atoms with van der Waals surface area (Å²) >= 11 is 1.57. The zero-order valence-corrected chi connectivity index (χ0v) is 10.6. The van der Waals surface area contributed by atoms with Gasteiger partial charge in [-0.2, -0.15) is 0 Å². The molecule has 88 valence electrons. The fourth-order valence-electron chi connectivity index (χ4n) is 1.57. The minimum absolute atomic E-state index is 0.559. The van der Waals surface area contributed by atoms with Gasteiger partial charge >= 0.3 is 0 Å². The number of aryl methyl sites for hydroxylation is 1. The van der Waals surface area contributed by atoms with E-state index in [9.17, 15) is 4.79 Å². The summed E-state index contributed by atoms with van der Waals surface area (Å²) in [6, 6.07) is 7.68. The Balaban J connectivity index is 2.38. The van der Waals surface area contributed by atoms with Gasteiger partial charge in [-0.3, -0.25) is 4.79 Å². The summed E-state index contributed by atoms with van der Waals surface area (Å²) in [7, 11) is 1.64. The second kappa shape index (κ2) is 5.10. The number of methoxy groups -OCH3 is 1. The molecular weight excluding hydrogens is 234 g/mol. The summed E-state index contributed by atoms with van der Waals surface area (Å²) in [6.45, 7) is 2.03. The number of carbonyl (C=O) groups excluding carboxylic acids is 1. The Morgan fingerprint density at radius 3 is 2.53 bits per heavy atom. The van der Waals surface area contributed by atoms with Crippen LogP contribution in [-0.2, 0) is 6.42 Å². The molecule has 1 heterocycles. The molecular formula is C13H13NO2S. The minimum Gasteiger partial charge on any atom is -0.497 e. The largest absolute Gasteiger partial charge is 0.497 e. The van der Waals surface area contributed by atoms with Gasteiger partial charge in [-0.15, -0.1) is 11.3 Å². The van der Waals surface area contributed by atoms with Crippen LogP contribution in [0.5, 0.6) is 5.75 Å². The van der Waals surface area contributed by atoms with Crippen LogP contribution in [0.2, 0.25) is 0 Å². The van der Waals surface area contributed by atoms with Crippen molar-refractivity contribution < 1.29 is 9.53 Å². The van der Waals surface area contributed by atoms with Gasteiger partial charge in [0.1, 0.15) is 16.5 Å². The van der Waals surface area contributed by atoms with Crippen molar-refractivity contribution in [2.45, 2.75) is 13.3 Å². The number of rotatable bonds is 4. The molecule has 0 saturated carbocycles. The van der Waals surface area contributed by atoms with Gasteiger partial charge in [-0.25, -0.2) is 4.98 Å². The van der Waals surface area contributed by atoms with Crippen molar-refractivity contribution in [3.63, 3.8) is 0 Å². The van der Waals surface area contributed by atoms with Crippen molar-refractivity contribution in [1.82, 2.24) is 4.98 Å². The quantitative estimate of drug-likeness (QED) is 0.779. The first-order valence-corrected chi connectivity index (χ1v) is 6.19. The smallest absolute Gasteiger partial charge is 0.169 e. The number of benzene rings is 1. The summed E-state index contributed by atoms with van der Waals surface area (Å²) in [5.41, 5.74) is 1.57. The van der Waals surface area contributed by atoms with Crippen LogP contribution in [-0.4, -0.2) is 18.4 Å². The van der Waals surface area contributed by atoms with E-state index in [0.29, 0.717) is 5.69 Å². The Morgan fingerprint density at radius 2 is 2.06 bits per heavy atom. The zero-order valence-electron chi connectivity index (χ0n) is 9.77. The topological polar surface area (TPSA) is 39.2 Å². The van der Waals surface area contributed by atoms with E-state index in [4.69, 9.17) is 4.74 Å². The van der Waals surface area contributed by atoms with E-state index < -0.39 is 0 Å². The molecule has 0 aliphatic rings. The molecule has 17 heavy (non-hydrogen) atoms. The van der Waals surface area contributed by atoms with Gasteiger partial charge in [0, 0.05) is 10.4 Å². The molecule has 3 nitrogen and oxygen atoms in total. The summed E-state index contributed by atoms with van der Waals surface area (Å²) < 4.78 is 5.10. The number of aromatic nitrogens is 1. The van der Waals surface area contributed by atoms with Crippen molar-refractivity contribution >= 4 is 17.6 Å². The van der Waals surface area contributed by atoms with Gasteiger partial charge in [0.25, 0.3) is 0 Å². The molecule has 2 aromatic rings. The maximum atomic E-state index is 10.9. The molecule has 0 aliphatic heterocycles. The first-order valence-electron chi connectivity index (χ1n) is 5.37. The number of hydrogen-bond acceptors (Lipinski definition) is 4. The summed E-state index contributed by atoms with van der Waals surface area (Å²) in [5, 5.41) is 0.881.